The van der Waals surface area contributed by atoms with E-state index < -0.39 is 11.5 Å². The predicted octanol–water partition coefficient (Wildman–Crippen LogP) is 5.04. The van der Waals surface area contributed by atoms with E-state index in [4.69, 9.17) is 36.3 Å². The Labute approximate surface area is 258 Å². The molecule has 2 heterocycles. The van der Waals surface area contributed by atoms with Gasteiger partial charge in [-0.2, -0.15) is 0 Å². The van der Waals surface area contributed by atoms with Crippen molar-refractivity contribution in [2.45, 2.75) is 19.8 Å². The van der Waals surface area contributed by atoms with Crippen LogP contribution in [0.15, 0.2) is 77.6 Å². The van der Waals surface area contributed by atoms with Gasteiger partial charge in [-0.05, 0) is 71.1 Å². The van der Waals surface area contributed by atoms with E-state index in [0.29, 0.717) is 57.4 Å². The molecule has 2 aromatic heterocycles. The molecule has 0 aliphatic carbocycles. The molecule has 0 saturated heterocycles. The zero-order valence-corrected chi connectivity index (χ0v) is 25.1. The molecule has 226 valence electrons. The SMILES string of the molecule is COC(=O)c1c(-c2cc(OC)c(Cl)c(OC)c2)c2ccc(OCc3cccc(CO)n3)cc2c(=O)n1-c1ccc(CN)cc1. The molecule has 44 heavy (non-hydrogen) atoms. The van der Waals surface area contributed by atoms with E-state index in [9.17, 15) is 14.7 Å². The van der Waals surface area contributed by atoms with E-state index in [0.717, 1.165) is 5.56 Å². The summed E-state index contributed by atoms with van der Waals surface area (Å²) in [6.45, 7) is 0.219. The third-order valence-corrected chi connectivity index (χ3v) is 7.48. The highest BCUT2D eigenvalue weighted by molar-refractivity contribution is 6.33. The van der Waals surface area contributed by atoms with Crippen molar-refractivity contribution in [1.82, 2.24) is 9.55 Å². The Hall–Kier alpha value is -4.90. The third kappa shape index (κ3) is 5.83. The fourth-order valence-electron chi connectivity index (χ4n) is 4.95. The number of aliphatic hydroxyl groups excluding tert-OH is 1. The molecule has 0 fully saturated rings. The van der Waals surface area contributed by atoms with E-state index in [1.807, 2.05) is 0 Å². The number of benzene rings is 3. The van der Waals surface area contributed by atoms with Crippen LogP contribution in [0.5, 0.6) is 17.2 Å². The number of methoxy groups -OCH3 is 3. The van der Waals surface area contributed by atoms with Crippen molar-refractivity contribution in [2.24, 2.45) is 5.73 Å². The lowest BCUT2D eigenvalue weighted by molar-refractivity contribution is 0.0591. The van der Waals surface area contributed by atoms with Crippen LogP contribution in [-0.2, 0) is 24.5 Å². The number of rotatable bonds is 10. The summed E-state index contributed by atoms with van der Waals surface area (Å²) in [6.07, 6.45) is 0. The van der Waals surface area contributed by atoms with Crippen molar-refractivity contribution < 1.29 is 28.8 Å². The molecule has 0 spiro atoms. The van der Waals surface area contributed by atoms with Crippen molar-refractivity contribution >= 4 is 28.3 Å². The molecule has 0 saturated carbocycles. The lowest BCUT2D eigenvalue weighted by atomic mass is 9.95. The van der Waals surface area contributed by atoms with Crippen LogP contribution in [-0.4, -0.2) is 42.0 Å². The van der Waals surface area contributed by atoms with Gasteiger partial charge in [-0.15, -0.1) is 0 Å². The molecule has 0 aliphatic rings. The summed E-state index contributed by atoms with van der Waals surface area (Å²) in [5, 5.41) is 10.4. The zero-order chi connectivity index (χ0) is 31.4. The average Bonchev–Trinajstić information content (AvgIpc) is 3.07. The van der Waals surface area contributed by atoms with E-state index in [2.05, 4.69) is 4.98 Å². The minimum atomic E-state index is -0.732. The normalized spacial score (nSPS) is 11.0. The molecule has 0 aliphatic heterocycles. The molecule has 0 amide bonds. The van der Waals surface area contributed by atoms with Gasteiger partial charge in [0.1, 0.15) is 34.6 Å². The topological polar surface area (TPSA) is 135 Å². The molecule has 0 atom stereocenters. The standard InChI is InChI=1S/C33H30ClN3O7/c1-41-27-13-20(14-28(42-2)30(27)34)29-25-12-11-24(44-18-22-6-4-5-21(17-38)36-22)15-26(25)32(39)37(31(29)33(40)43-3)23-9-7-19(16-35)8-10-23/h4-15,38H,16-18,35H2,1-3H3. The first-order chi connectivity index (χ1) is 21.3. The van der Waals surface area contributed by atoms with Crippen LogP contribution >= 0.6 is 11.6 Å². The fraction of sp³-hybridized carbons (Fsp3) is 0.182. The molecule has 5 aromatic rings. The Bertz CT molecular complexity index is 1880. The summed E-state index contributed by atoms with van der Waals surface area (Å²) in [6, 6.07) is 20.6. The quantitative estimate of drug-likeness (QED) is 0.207. The van der Waals surface area contributed by atoms with E-state index in [1.165, 1.54) is 25.9 Å². The maximum absolute atomic E-state index is 14.3. The summed E-state index contributed by atoms with van der Waals surface area (Å²) in [7, 11) is 4.19. The van der Waals surface area contributed by atoms with Crippen LogP contribution in [0.1, 0.15) is 27.4 Å². The van der Waals surface area contributed by atoms with Gasteiger partial charge in [0, 0.05) is 17.8 Å². The summed E-state index contributed by atoms with van der Waals surface area (Å²) in [4.78, 5) is 32.2. The molecule has 0 unspecified atom stereocenters. The zero-order valence-electron chi connectivity index (χ0n) is 24.3. The number of esters is 1. The van der Waals surface area contributed by atoms with Gasteiger partial charge < -0.3 is 29.8 Å². The summed E-state index contributed by atoms with van der Waals surface area (Å²) < 4.78 is 23.6. The van der Waals surface area contributed by atoms with Crippen molar-refractivity contribution in [1.29, 1.82) is 0 Å². The largest absolute Gasteiger partial charge is 0.495 e. The first-order valence-corrected chi connectivity index (χ1v) is 13.9. The molecule has 10 nitrogen and oxygen atoms in total. The number of halogens is 1. The molecule has 3 aromatic carbocycles. The fourth-order valence-corrected chi connectivity index (χ4v) is 5.21. The lowest BCUT2D eigenvalue weighted by Crippen LogP contribution is -2.27. The number of aliphatic hydroxyl groups is 1. The predicted molar refractivity (Wildman–Crippen MR) is 167 cm³/mol. The number of pyridine rings is 2. The summed E-state index contributed by atoms with van der Waals surface area (Å²) in [5.41, 5.74) is 8.63. The van der Waals surface area contributed by atoms with E-state index in [-0.39, 0.29) is 29.3 Å². The molecule has 0 radical (unpaired) electrons. The van der Waals surface area contributed by atoms with Crippen molar-refractivity contribution in [2.75, 3.05) is 21.3 Å². The Morgan fingerprint density at radius 2 is 1.61 bits per heavy atom. The second-order valence-electron chi connectivity index (χ2n) is 9.70. The van der Waals surface area contributed by atoms with Gasteiger partial charge in [0.15, 0.2) is 0 Å². The maximum Gasteiger partial charge on any atom is 0.355 e. The van der Waals surface area contributed by atoms with Gasteiger partial charge in [-0.25, -0.2) is 4.79 Å². The van der Waals surface area contributed by atoms with Crippen LogP contribution in [0, 0.1) is 0 Å². The van der Waals surface area contributed by atoms with Crippen LogP contribution in [0.25, 0.3) is 27.6 Å². The Morgan fingerprint density at radius 1 is 0.932 bits per heavy atom. The van der Waals surface area contributed by atoms with Gasteiger partial charge in [-0.3, -0.25) is 14.3 Å². The van der Waals surface area contributed by atoms with Gasteiger partial charge in [0.25, 0.3) is 5.56 Å². The Balaban J connectivity index is 1.80. The number of carbonyl (C=O) groups is 1. The van der Waals surface area contributed by atoms with Gasteiger partial charge >= 0.3 is 5.97 Å². The number of hydrogen-bond acceptors (Lipinski definition) is 9. The Morgan fingerprint density at radius 3 is 2.23 bits per heavy atom. The molecule has 3 N–H and O–H groups in total. The second-order valence-corrected chi connectivity index (χ2v) is 10.1. The monoisotopic (exact) mass is 615 g/mol. The number of aromatic nitrogens is 2. The van der Waals surface area contributed by atoms with E-state index >= 15 is 0 Å². The van der Waals surface area contributed by atoms with Gasteiger partial charge in [0.05, 0.1) is 44.7 Å². The first-order valence-electron chi connectivity index (χ1n) is 13.5. The van der Waals surface area contributed by atoms with Crippen LogP contribution in [0.2, 0.25) is 5.02 Å². The van der Waals surface area contributed by atoms with Gasteiger partial charge in [0.2, 0.25) is 0 Å². The number of nitrogens with zero attached hydrogens (tertiary/aromatic N) is 2. The van der Waals surface area contributed by atoms with Crippen molar-refractivity contribution in [3.63, 3.8) is 0 Å². The number of carbonyl (C=O) groups excluding carboxylic acids is 1. The van der Waals surface area contributed by atoms with Crippen LogP contribution in [0.4, 0.5) is 0 Å². The number of nitrogens with two attached hydrogens (primary N) is 1. The molecule has 0 bridgehead atoms. The maximum atomic E-state index is 14.3. The summed E-state index contributed by atoms with van der Waals surface area (Å²) >= 11 is 6.48. The third-order valence-electron chi connectivity index (χ3n) is 7.11. The van der Waals surface area contributed by atoms with Crippen molar-refractivity contribution in [3.05, 3.63) is 111 Å². The number of ether oxygens (including phenoxy) is 4. The average molecular weight is 616 g/mol. The number of hydrogen-bond donors (Lipinski definition) is 2. The summed E-state index contributed by atoms with van der Waals surface area (Å²) in [5.74, 6) is 0.295. The first kappa shape index (κ1) is 30.6. The smallest absolute Gasteiger partial charge is 0.355 e. The minimum Gasteiger partial charge on any atom is -0.495 e. The van der Waals surface area contributed by atoms with Gasteiger partial charge in [-0.1, -0.05) is 29.8 Å². The highest BCUT2D eigenvalue weighted by Gasteiger charge is 2.27. The van der Waals surface area contributed by atoms with Crippen LogP contribution in [0.3, 0.4) is 0 Å². The Kier molecular flexibility index (Phi) is 9.15. The minimum absolute atomic E-state index is 0.00406. The molecular weight excluding hydrogens is 586 g/mol. The molecule has 5 rings (SSSR count). The second kappa shape index (κ2) is 13.2. The van der Waals surface area contributed by atoms with Crippen LogP contribution < -0.4 is 25.5 Å². The number of fused-ring (bicyclic) bond motifs is 1. The lowest BCUT2D eigenvalue weighted by Gasteiger charge is -2.20. The highest BCUT2D eigenvalue weighted by atomic mass is 35.5. The van der Waals surface area contributed by atoms with E-state index in [1.54, 1.807) is 72.8 Å². The van der Waals surface area contributed by atoms with Crippen molar-refractivity contribution in [3.8, 4) is 34.1 Å². The molecular formula is C33H30ClN3O7. The highest BCUT2D eigenvalue weighted by Crippen LogP contribution is 2.42. The molecule has 11 heteroatoms.